The van der Waals surface area contributed by atoms with Crippen LogP contribution in [0.3, 0.4) is 0 Å². The zero-order valence-corrected chi connectivity index (χ0v) is 19.5. The Morgan fingerprint density at radius 2 is 1.71 bits per heavy atom. The molecule has 8 nitrogen and oxygen atoms in total. The lowest BCUT2D eigenvalue weighted by Crippen LogP contribution is -2.34. The fraction of sp³-hybridized carbons (Fsp3) is 0.160. The highest BCUT2D eigenvalue weighted by Gasteiger charge is 2.32. The molecule has 0 radical (unpaired) electrons. The first-order valence-electron chi connectivity index (χ1n) is 10.5. The Morgan fingerprint density at radius 3 is 2.41 bits per heavy atom. The molecule has 0 aromatic heterocycles. The highest BCUT2D eigenvalue weighted by molar-refractivity contribution is 7.90. The van der Waals surface area contributed by atoms with E-state index in [0.29, 0.717) is 16.9 Å². The second kappa shape index (κ2) is 9.88. The number of ether oxygens (including phenoxy) is 2. The average Bonchev–Trinajstić information content (AvgIpc) is 3.13. The Labute approximate surface area is 198 Å². The van der Waals surface area contributed by atoms with E-state index in [1.807, 2.05) is 18.2 Å². The van der Waals surface area contributed by atoms with Crippen LogP contribution < -0.4 is 4.74 Å². The van der Waals surface area contributed by atoms with Crippen molar-refractivity contribution in [3.63, 3.8) is 0 Å². The molecule has 0 bridgehead atoms. The minimum Gasteiger partial charge on any atom is -0.497 e. The van der Waals surface area contributed by atoms with Gasteiger partial charge in [-0.2, -0.15) is 13.5 Å². The number of hydrogen-bond acceptors (Lipinski definition) is 7. The number of hydrogen-bond donors (Lipinski definition) is 0. The van der Waals surface area contributed by atoms with Gasteiger partial charge in [-0.25, -0.2) is 9.80 Å². The standard InChI is InChI=1S/C25H23N3O5S/c1-18(33-25(29)20-8-4-3-5-9-20)17-28(26-16-19-12-14-21(32-2)15-13-19)24-22-10-6-7-11-23(22)34(30,31)27-24/h3-16,18H,17H2,1-2H3/b26-16+. The van der Waals surface area contributed by atoms with Gasteiger partial charge >= 0.3 is 5.97 Å². The maximum absolute atomic E-state index is 12.6. The largest absolute Gasteiger partial charge is 0.497 e. The summed E-state index contributed by atoms with van der Waals surface area (Å²) in [5.74, 6) is 0.396. The lowest BCUT2D eigenvalue weighted by molar-refractivity contribution is 0.0300. The van der Waals surface area contributed by atoms with Gasteiger partial charge < -0.3 is 9.47 Å². The van der Waals surface area contributed by atoms with Crippen LogP contribution >= 0.6 is 0 Å². The molecule has 0 saturated carbocycles. The van der Waals surface area contributed by atoms with Crippen molar-refractivity contribution in [2.75, 3.05) is 13.7 Å². The minimum atomic E-state index is -3.85. The Hall–Kier alpha value is -3.98. The van der Waals surface area contributed by atoms with Gasteiger partial charge in [-0.3, -0.25) is 0 Å². The number of nitrogens with zero attached hydrogens (tertiary/aromatic N) is 3. The Bertz CT molecular complexity index is 1340. The Balaban J connectivity index is 1.61. The van der Waals surface area contributed by atoms with Crippen molar-refractivity contribution in [3.05, 3.63) is 95.6 Å². The van der Waals surface area contributed by atoms with Crippen LogP contribution in [0, 0.1) is 0 Å². The van der Waals surface area contributed by atoms with Crippen LogP contribution in [0.1, 0.15) is 28.4 Å². The van der Waals surface area contributed by atoms with Crippen LogP contribution in [0.2, 0.25) is 0 Å². The van der Waals surface area contributed by atoms with Crippen molar-refractivity contribution < 1.29 is 22.7 Å². The van der Waals surface area contributed by atoms with Crippen LogP contribution in [0.25, 0.3) is 0 Å². The first-order chi connectivity index (χ1) is 16.4. The number of hydrazone groups is 1. The summed E-state index contributed by atoms with van der Waals surface area (Å²) in [7, 11) is -2.26. The second-order valence-corrected chi connectivity index (χ2v) is 9.14. The van der Waals surface area contributed by atoms with E-state index in [0.717, 1.165) is 5.56 Å². The van der Waals surface area contributed by atoms with E-state index in [2.05, 4.69) is 9.50 Å². The predicted octanol–water partition coefficient (Wildman–Crippen LogP) is 3.73. The number of sulfonamides is 1. The maximum Gasteiger partial charge on any atom is 0.338 e. The van der Waals surface area contributed by atoms with Gasteiger partial charge in [0.15, 0.2) is 5.84 Å². The fourth-order valence-electron chi connectivity index (χ4n) is 3.40. The van der Waals surface area contributed by atoms with Crippen molar-refractivity contribution in [3.8, 4) is 5.75 Å². The van der Waals surface area contributed by atoms with Crippen molar-refractivity contribution >= 4 is 28.0 Å². The van der Waals surface area contributed by atoms with E-state index >= 15 is 0 Å². The SMILES string of the molecule is COc1ccc(/C=N/N(CC(C)OC(=O)c2ccccc2)C2=NS(=O)(=O)c3ccccc32)cc1. The molecule has 0 amide bonds. The quantitative estimate of drug-likeness (QED) is 0.292. The highest BCUT2D eigenvalue weighted by atomic mass is 32.2. The van der Waals surface area contributed by atoms with Gasteiger partial charge in [-0.05, 0) is 61.0 Å². The van der Waals surface area contributed by atoms with E-state index in [4.69, 9.17) is 9.47 Å². The summed E-state index contributed by atoms with van der Waals surface area (Å²) < 4.78 is 39.9. The first kappa shape index (κ1) is 23.2. The normalized spacial score (nSPS) is 14.8. The second-order valence-electron chi connectivity index (χ2n) is 7.57. The Kier molecular flexibility index (Phi) is 6.74. The molecule has 1 aliphatic heterocycles. The molecule has 4 rings (SSSR count). The Morgan fingerprint density at radius 1 is 1.03 bits per heavy atom. The third-order valence-electron chi connectivity index (χ3n) is 5.07. The monoisotopic (exact) mass is 477 g/mol. The molecule has 9 heteroatoms. The zero-order valence-electron chi connectivity index (χ0n) is 18.7. The molecule has 0 fully saturated rings. The summed E-state index contributed by atoms with van der Waals surface area (Å²) in [6.07, 6.45) is 0.972. The average molecular weight is 478 g/mol. The summed E-state index contributed by atoms with van der Waals surface area (Å²) in [6, 6.07) is 22.4. The number of amidine groups is 1. The first-order valence-corrected chi connectivity index (χ1v) is 12.0. The van der Waals surface area contributed by atoms with Crippen molar-refractivity contribution in [2.24, 2.45) is 9.50 Å². The number of fused-ring (bicyclic) bond motifs is 1. The molecule has 1 heterocycles. The van der Waals surface area contributed by atoms with Crippen LogP contribution in [-0.2, 0) is 14.8 Å². The highest BCUT2D eigenvalue weighted by Crippen LogP contribution is 2.28. The number of methoxy groups -OCH3 is 1. The molecule has 1 aliphatic rings. The number of esters is 1. The zero-order chi connectivity index (χ0) is 24.1. The third kappa shape index (κ3) is 5.15. The van der Waals surface area contributed by atoms with E-state index in [-0.39, 0.29) is 17.3 Å². The topological polar surface area (TPSA) is 97.6 Å². The summed E-state index contributed by atoms with van der Waals surface area (Å²) in [5, 5.41) is 5.94. The van der Waals surface area contributed by atoms with E-state index in [9.17, 15) is 13.2 Å². The summed E-state index contributed by atoms with van der Waals surface area (Å²) >= 11 is 0. The summed E-state index contributed by atoms with van der Waals surface area (Å²) in [4.78, 5) is 12.6. The molecular formula is C25H23N3O5S. The smallest absolute Gasteiger partial charge is 0.338 e. The van der Waals surface area contributed by atoms with Gasteiger partial charge in [0.2, 0.25) is 0 Å². The molecule has 0 aliphatic carbocycles. The van der Waals surface area contributed by atoms with Gasteiger partial charge in [-0.1, -0.05) is 30.3 Å². The van der Waals surface area contributed by atoms with Crippen LogP contribution in [0.15, 0.2) is 93.3 Å². The van der Waals surface area contributed by atoms with Gasteiger partial charge in [0.1, 0.15) is 16.7 Å². The van der Waals surface area contributed by atoms with Gasteiger partial charge in [-0.15, -0.1) is 4.40 Å². The molecule has 3 aromatic carbocycles. The van der Waals surface area contributed by atoms with Gasteiger partial charge in [0.25, 0.3) is 10.0 Å². The maximum atomic E-state index is 12.6. The molecule has 174 valence electrons. The molecule has 0 spiro atoms. The summed E-state index contributed by atoms with van der Waals surface area (Å²) in [5.41, 5.74) is 1.64. The lowest BCUT2D eigenvalue weighted by Gasteiger charge is -2.23. The van der Waals surface area contributed by atoms with Crippen LogP contribution in [0.5, 0.6) is 5.75 Å². The number of rotatable bonds is 7. The molecule has 1 atom stereocenters. The van der Waals surface area contributed by atoms with Crippen molar-refractivity contribution in [2.45, 2.75) is 17.9 Å². The molecule has 1 unspecified atom stereocenters. The van der Waals surface area contributed by atoms with E-state index in [1.165, 1.54) is 11.1 Å². The van der Waals surface area contributed by atoms with E-state index < -0.39 is 22.1 Å². The fourth-order valence-corrected chi connectivity index (χ4v) is 4.60. The van der Waals surface area contributed by atoms with Crippen molar-refractivity contribution in [1.29, 1.82) is 0 Å². The number of carbonyl (C=O) groups is 1. The summed E-state index contributed by atoms with van der Waals surface area (Å²) in [6.45, 7) is 1.81. The van der Waals surface area contributed by atoms with Crippen molar-refractivity contribution in [1.82, 2.24) is 5.01 Å². The van der Waals surface area contributed by atoms with Gasteiger partial charge in [0.05, 0.1) is 25.4 Å². The molecule has 0 saturated heterocycles. The minimum absolute atomic E-state index is 0.0912. The molecule has 0 N–H and O–H groups in total. The predicted molar refractivity (Wildman–Crippen MR) is 129 cm³/mol. The molecule has 34 heavy (non-hydrogen) atoms. The third-order valence-corrected chi connectivity index (χ3v) is 6.39. The molecular weight excluding hydrogens is 454 g/mol. The van der Waals surface area contributed by atoms with E-state index in [1.54, 1.807) is 74.8 Å². The number of carbonyl (C=O) groups excluding carboxylic acids is 1. The molecule has 3 aromatic rings. The van der Waals surface area contributed by atoms with Crippen LogP contribution in [-0.4, -0.2) is 51.2 Å². The van der Waals surface area contributed by atoms with Crippen LogP contribution in [0.4, 0.5) is 0 Å². The lowest BCUT2D eigenvalue weighted by atomic mass is 10.2. The number of benzene rings is 3. The van der Waals surface area contributed by atoms with Gasteiger partial charge in [0, 0.05) is 5.56 Å².